The Bertz CT molecular complexity index is 1060. The van der Waals surface area contributed by atoms with Crippen LogP contribution in [0.4, 0.5) is 5.82 Å². The molecule has 11 nitrogen and oxygen atoms in total. The number of aromatic nitrogens is 4. The Morgan fingerprint density at radius 3 is 2.73 bits per heavy atom. The number of rotatable bonds is 7. The van der Waals surface area contributed by atoms with Crippen LogP contribution < -0.4 is 11.1 Å². The van der Waals surface area contributed by atoms with Gasteiger partial charge < -0.3 is 35.2 Å². The highest BCUT2D eigenvalue weighted by Crippen LogP contribution is 2.39. The van der Waals surface area contributed by atoms with E-state index in [1.165, 1.54) is 12.7 Å². The third-order valence-corrected chi connectivity index (χ3v) is 5.63. The van der Waals surface area contributed by atoms with Crippen molar-refractivity contribution in [3.05, 3.63) is 48.5 Å². The van der Waals surface area contributed by atoms with E-state index in [0.717, 1.165) is 5.56 Å². The molecule has 2 aromatic heterocycles. The third-order valence-electron chi connectivity index (χ3n) is 4.83. The van der Waals surface area contributed by atoms with Gasteiger partial charge in [0, 0.05) is 6.54 Å². The van der Waals surface area contributed by atoms with Gasteiger partial charge in [-0.25, -0.2) is 15.0 Å². The van der Waals surface area contributed by atoms with Crippen LogP contribution in [0.15, 0.2) is 43.0 Å². The maximum Gasteiger partial charge on any atom is 0.321 e. The summed E-state index contributed by atoms with van der Waals surface area (Å²) in [6, 6.07) is 9.05. The van der Waals surface area contributed by atoms with Gasteiger partial charge in [0.05, 0.1) is 19.0 Å². The largest absolute Gasteiger partial charge is 0.387 e. The fourth-order valence-electron chi connectivity index (χ4n) is 3.43. The molecule has 1 aliphatic rings. The molecule has 1 aromatic carbocycles. The predicted octanol–water partition coefficient (Wildman–Crippen LogP) is 0.0509. The monoisotopic (exact) mass is 452 g/mol. The van der Waals surface area contributed by atoms with Crippen molar-refractivity contribution < 1.29 is 24.2 Å². The fraction of sp³-hybridized carbons (Fsp3) is 0.353. The summed E-state index contributed by atoms with van der Waals surface area (Å²) < 4.78 is 12.6. The molecule has 0 radical (unpaired) electrons. The number of ether oxygens (including phenoxy) is 1. The summed E-state index contributed by atoms with van der Waals surface area (Å²) in [6.07, 6.45) is 0.166. The molecule has 0 bridgehead atoms. The zero-order valence-corrected chi connectivity index (χ0v) is 17.4. The average molecular weight is 452 g/mol. The Hall–Kier alpha value is -2.02. The molecular formula is C17H21N6O5PS. The number of anilines is 1. The Kier molecular flexibility index (Phi) is 6.09. The number of nitrogen functional groups attached to an aromatic ring is 1. The Balaban J connectivity index is 1.59. The summed E-state index contributed by atoms with van der Waals surface area (Å²) in [5, 5.41) is 14.3. The van der Waals surface area contributed by atoms with Crippen LogP contribution in [0.1, 0.15) is 11.8 Å². The lowest BCUT2D eigenvalue weighted by Crippen LogP contribution is -2.45. The molecule has 1 saturated heterocycles. The molecule has 0 amide bonds. The van der Waals surface area contributed by atoms with E-state index >= 15 is 0 Å². The van der Waals surface area contributed by atoms with E-state index < -0.39 is 31.2 Å². The quantitative estimate of drug-likeness (QED) is 0.308. The minimum atomic E-state index is -3.88. The van der Waals surface area contributed by atoms with Crippen LogP contribution in [-0.2, 0) is 27.6 Å². The van der Waals surface area contributed by atoms with Gasteiger partial charge in [-0.05, 0) is 17.4 Å². The first-order valence-electron chi connectivity index (χ1n) is 9.07. The molecule has 1 fully saturated rings. The van der Waals surface area contributed by atoms with E-state index in [1.807, 2.05) is 30.3 Å². The van der Waals surface area contributed by atoms with Gasteiger partial charge in [-0.15, -0.1) is 0 Å². The van der Waals surface area contributed by atoms with Gasteiger partial charge in [0.1, 0.15) is 24.1 Å². The minimum absolute atomic E-state index is 0.214. The highest BCUT2D eigenvalue weighted by Gasteiger charge is 2.45. The Morgan fingerprint density at radius 2 is 2.00 bits per heavy atom. The number of nitrogens with zero attached hydrogens (tertiary/aromatic N) is 4. The summed E-state index contributed by atoms with van der Waals surface area (Å²) in [5.41, 5.74) is 7.65. The van der Waals surface area contributed by atoms with Crippen molar-refractivity contribution in [3.8, 4) is 0 Å². The van der Waals surface area contributed by atoms with Crippen molar-refractivity contribution in [2.45, 2.75) is 31.0 Å². The van der Waals surface area contributed by atoms with Gasteiger partial charge in [0.15, 0.2) is 17.7 Å². The summed E-state index contributed by atoms with van der Waals surface area (Å²) in [5.74, 6) is 0.214. The lowest BCUT2D eigenvalue weighted by Gasteiger charge is -2.22. The van der Waals surface area contributed by atoms with Gasteiger partial charge in [-0.3, -0.25) is 4.57 Å². The standard InChI is InChI=1S/C17H21N6O5PS/c18-15-13-16(21-8-20-15)23(9-22-13)17-14(24)12(11(28-17)7-27-29(25,26)30)19-6-10-4-2-1-3-5-10/h1-5,8-9,11-12,14,17,19,24H,6-7H2,(H2,18,20,21)(H2,25,26,30)/t11-,12-,14-,17-/m1/s1. The number of fused-ring (bicyclic) bond motifs is 1. The van der Waals surface area contributed by atoms with E-state index in [4.69, 9.17) is 15.0 Å². The van der Waals surface area contributed by atoms with Crippen LogP contribution in [-0.4, -0.2) is 59.3 Å². The highest BCUT2D eigenvalue weighted by atomic mass is 32.5. The SMILES string of the molecule is Nc1ncnc2c1ncn2[C@@H]1O[C@H](COP(O)(O)=S)[C@@H](NCc2ccccc2)[C@H]1O. The van der Waals surface area contributed by atoms with E-state index in [-0.39, 0.29) is 12.4 Å². The van der Waals surface area contributed by atoms with Crippen molar-refractivity contribution in [2.24, 2.45) is 0 Å². The second-order valence-electron chi connectivity index (χ2n) is 6.82. The lowest BCUT2D eigenvalue weighted by atomic mass is 10.1. The number of hydrogen-bond acceptors (Lipinski definition) is 9. The smallest absolute Gasteiger partial charge is 0.321 e. The lowest BCUT2D eigenvalue weighted by molar-refractivity contribution is -0.0470. The molecule has 0 unspecified atom stereocenters. The van der Waals surface area contributed by atoms with Gasteiger partial charge in [-0.1, -0.05) is 30.3 Å². The van der Waals surface area contributed by atoms with Crippen molar-refractivity contribution in [2.75, 3.05) is 12.3 Å². The summed E-state index contributed by atoms with van der Waals surface area (Å²) in [6.45, 7) is -3.63. The normalized spacial score (nSPS) is 24.5. The molecule has 30 heavy (non-hydrogen) atoms. The first-order chi connectivity index (χ1) is 14.3. The van der Waals surface area contributed by atoms with Gasteiger partial charge in [-0.2, -0.15) is 0 Å². The predicted molar refractivity (Wildman–Crippen MR) is 111 cm³/mol. The first-order valence-corrected chi connectivity index (χ1v) is 11.7. The van der Waals surface area contributed by atoms with Crippen LogP contribution >= 0.6 is 6.72 Å². The number of benzene rings is 1. The number of aliphatic hydroxyl groups is 1. The molecule has 3 heterocycles. The fourth-order valence-corrected chi connectivity index (χ4v) is 3.95. The molecule has 0 aliphatic carbocycles. The van der Waals surface area contributed by atoms with E-state index in [0.29, 0.717) is 17.7 Å². The number of aliphatic hydroxyl groups excluding tert-OH is 1. The molecule has 4 rings (SSSR count). The van der Waals surface area contributed by atoms with Crippen LogP contribution in [0, 0.1) is 0 Å². The van der Waals surface area contributed by atoms with Gasteiger partial charge in [0.2, 0.25) is 0 Å². The van der Waals surface area contributed by atoms with E-state index in [2.05, 4.69) is 32.1 Å². The number of imidazole rings is 1. The van der Waals surface area contributed by atoms with Crippen LogP contribution in [0.5, 0.6) is 0 Å². The zero-order valence-electron chi connectivity index (χ0n) is 15.6. The number of nitrogens with one attached hydrogen (secondary N) is 1. The molecule has 4 atom stereocenters. The molecule has 6 N–H and O–H groups in total. The zero-order chi connectivity index (χ0) is 21.3. The topological polar surface area (TPSA) is 161 Å². The van der Waals surface area contributed by atoms with Crippen LogP contribution in [0.3, 0.4) is 0 Å². The van der Waals surface area contributed by atoms with Crippen molar-refractivity contribution >= 4 is 35.5 Å². The first kappa shape index (κ1) is 21.2. The van der Waals surface area contributed by atoms with Crippen LogP contribution in [0.2, 0.25) is 0 Å². The summed E-state index contributed by atoms with van der Waals surface area (Å²) >= 11 is 4.53. The van der Waals surface area contributed by atoms with Crippen molar-refractivity contribution in [1.29, 1.82) is 0 Å². The molecule has 1 aliphatic heterocycles. The van der Waals surface area contributed by atoms with Crippen LogP contribution in [0.25, 0.3) is 11.2 Å². The highest BCUT2D eigenvalue weighted by molar-refractivity contribution is 8.06. The average Bonchev–Trinajstić information content (AvgIpc) is 3.27. The summed E-state index contributed by atoms with van der Waals surface area (Å²) in [4.78, 5) is 31.2. The molecule has 3 aromatic rings. The molecule has 160 valence electrons. The summed E-state index contributed by atoms with van der Waals surface area (Å²) in [7, 11) is 0. The Morgan fingerprint density at radius 1 is 1.23 bits per heavy atom. The Labute approximate surface area is 176 Å². The van der Waals surface area contributed by atoms with Gasteiger partial charge >= 0.3 is 6.72 Å². The second-order valence-corrected chi connectivity index (χ2v) is 9.48. The second kappa shape index (κ2) is 8.61. The van der Waals surface area contributed by atoms with Crippen molar-refractivity contribution in [1.82, 2.24) is 24.8 Å². The van der Waals surface area contributed by atoms with E-state index in [1.54, 1.807) is 4.57 Å². The molecule has 0 spiro atoms. The number of nitrogens with two attached hydrogens (primary N) is 1. The van der Waals surface area contributed by atoms with Crippen molar-refractivity contribution in [3.63, 3.8) is 0 Å². The molecule has 0 saturated carbocycles. The maximum absolute atomic E-state index is 11.0. The molecule has 13 heteroatoms. The van der Waals surface area contributed by atoms with E-state index in [9.17, 15) is 14.9 Å². The molecular weight excluding hydrogens is 431 g/mol. The van der Waals surface area contributed by atoms with Gasteiger partial charge in [0.25, 0.3) is 0 Å². The minimum Gasteiger partial charge on any atom is -0.387 e. The maximum atomic E-state index is 11.0. The third kappa shape index (κ3) is 4.51. The number of hydrogen-bond donors (Lipinski definition) is 5.